The van der Waals surface area contributed by atoms with Crippen LogP contribution in [0.4, 0.5) is 4.39 Å². The Morgan fingerprint density at radius 1 is 1.36 bits per heavy atom. The van der Waals surface area contributed by atoms with E-state index in [2.05, 4.69) is 0 Å². The van der Waals surface area contributed by atoms with Gasteiger partial charge in [0.05, 0.1) is 6.61 Å². The van der Waals surface area contributed by atoms with E-state index in [1.807, 2.05) is 0 Å². The highest BCUT2D eigenvalue weighted by Crippen LogP contribution is 2.19. The zero-order valence-electron chi connectivity index (χ0n) is 7.81. The van der Waals surface area contributed by atoms with Crippen LogP contribution in [-0.4, -0.2) is 28.0 Å². The summed E-state index contributed by atoms with van der Waals surface area (Å²) in [4.78, 5) is 0. The van der Waals surface area contributed by atoms with E-state index in [1.54, 1.807) is 6.92 Å². The molecule has 3 N–H and O–H groups in total. The third-order valence-corrected chi connectivity index (χ3v) is 2.09. The van der Waals surface area contributed by atoms with Crippen LogP contribution < -0.4 is 0 Å². The fraction of sp³-hybridized carbons (Fsp3) is 0.400. The minimum atomic E-state index is -1.28. The average molecular weight is 200 g/mol. The second kappa shape index (κ2) is 4.50. The Kier molecular flexibility index (Phi) is 3.57. The molecular formula is C10H13FO3. The highest BCUT2D eigenvalue weighted by atomic mass is 19.1. The third-order valence-electron chi connectivity index (χ3n) is 2.09. The number of aliphatic hydroxyl groups is 3. The maximum atomic E-state index is 13.1. The van der Waals surface area contributed by atoms with Gasteiger partial charge in [-0.1, -0.05) is 12.1 Å². The smallest absolute Gasteiger partial charge is 0.126 e. The van der Waals surface area contributed by atoms with Crippen molar-refractivity contribution in [3.8, 4) is 0 Å². The fourth-order valence-corrected chi connectivity index (χ4v) is 1.12. The molecule has 14 heavy (non-hydrogen) atoms. The van der Waals surface area contributed by atoms with E-state index in [0.717, 1.165) is 6.07 Å². The van der Waals surface area contributed by atoms with E-state index in [0.29, 0.717) is 5.56 Å². The number of rotatable bonds is 3. The molecule has 0 aromatic heterocycles. The van der Waals surface area contributed by atoms with E-state index in [1.165, 1.54) is 12.1 Å². The standard InChI is InChI=1S/C10H13FO3/c1-6-2-3-7(4-8(6)11)10(14)9(13)5-12/h2-4,9-10,12-14H,5H2,1H3. The highest BCUT2D eigenvalue weighted by Gasteiger charge is 2.17. The predicted octanol–water partition coefficient (Wildman–Crippen LogP) is 0.521. The molecule has 0 spiro atoms. The van der Waals surface area contributed by atoms with Gasteiger partial charge in [0.1, 0.15) is 18.0 Å². The highest BCUT2D eigenvalue weighted by molar-refractivity contribution is 5.25. The zero-order valence-corrected chi connectivity index (χ0v) is 7.81. The Labute approximate surface area is 81.4 Å². The summed E-state index contributed by atoms with van der Waals surface area (Å²) in [5.41, 5.74) is 0.731. The van der Waals surface area contributed by atoms with Gasteiger partial charge in [-0.05, 0) is 24.1 Å². The van der Waals surface area contributed by atoms with Crippen molar-refractivity contribution >= 4 is 0 Å². The summed E-state index contributed by atoms with van der Waals surface area (Å²) in [7, 11) is 0. The molecule has 4 heteroatoms. The molecule has 0 fully saturated rings. The van der Waals surface area contributed by atoms with Crippen molar-refractivity contribution in [1.82, 2.24) is 0 Å². The molecule has 0 aliphatic rings. The van der Waals surface area contributed by atoms with Crippen LogP contribution in [0.1, 0.15) is 17.2 Å². The number of aliphatic hydroxyl groups excluding tert-OH is 3. The predicted molar refractivity (Wildman–Crippen MR) is 49.2 cm³/mol. The first-order valence-electron chi connectivity index (χ1n) is 4.29. The van der Waals surface area contributed by atoms with Crippen molar-refractivity contribution in [2.24, 2.45) is 0 Å². The Balaban J connectivity index is 2.91. The second-order valence-electron chi connectivity index (χ2n) is 3.20. The molecule has 0 aliphatic carbocycles. The molecule has 1 aromatic rings. The average Bonchev–Trinajstić information content (AvgIpc) is 2.20. The van der Waals surface area contributed by atoms with E-state index < -0.39 is 24.6 Å². The number of hydrogen-bond acceptors (Lipinski definition) is 3. The summed E-state index contributed by atoms with van der Waals surface area (Å²) in [6.07, 6.45) is -2.53. The first kappa shape index (κ1) is 11.1. The fourth-order valence-electron chi connectivity index (χ4n) is 1.12. The number of benzene rings is 1. The topological polar surface area (TPSA) is 60.7 Å². The van der Waals surface area contributed by atoms with Crippen molar-refractivity contribution < 1.29 is 19.7 Å². The van der Waals surface area contributed by atoms with Gasteiger partial charge < -0.3 is 15.3 Å². The maximum absolute atomic E-state index is 13.1. The SMILES string of the molecule is Cc1ccc(C(O)C(O)CO)cc1F. The second-order valence-corrected chi connectivity index (χ2v) is 3.20. The molecule has 0 saturated carbocycles. The van der Waals surface area contributed by atoms with E-state index >= 15 is 0 Å². The lowest BCUT2D eigenvalue weighted by atomic mass is 10.0. The molecule has 3 nitrogen and oxygen atoms in total. The van der Waals surface area contributed by atoms with Crippen LogP contribution in [0, 0.1) is 12.7 Å². The van der Waals surface area contributed by atoms with Crippen LogP contribution in [0.5, 0.6) is 0 Å². The van der Waals surface area contributed by atoms with Crippen LogP contribution in [0.2, 0.25) is 0 Å². The monoisotopic (exact) mass is 200 g/mol. The van der Waals surface area contributed by atoms with Gasteiger partial charge in [-0.15, -0.1) is 0 Å². The lowest BCUT2D eigenvalue weighted by molar-refractivity contribution is -0.0153. The van der Waals surface area contributed by atoms with Crippen LogP contribution >= 0.6 is 0 Å². The van der Waals surface area contributed by atoms with Gasteiger partial charge in [0.15, 0.2) is 0 Å². The van der Waals surface area contributed by atoms with Gasteiger partial charge in [0, 0.05) is 0 Å². The van der Waals surface area contributed by atoms with E-state index in [9.17, 15) is 9.50 Å². The van der Waals surface area contributed by atoms with Crippen molar-refractivity contribution in [1.29, 1.82) is 0 Å². The Hall–Kier alpha value is -0.970. The van der Waals surface area contributed by atoms with Gasteiger partial charge in [-0.25, -0.2) is 4.39 Å². The molecule has 0 heterocycles. The Morgan fingerprint density at radius 2 is 2.00 bits per heavy atom. The van der Waals surface area contributed by atoms with Crippen molar-refractivity contribution in [3.05, 3.63) is 35.1 Å². The molecular weight excluding hydrogens is 187 g/mol. The van der Waals surface area contributed by atoms with Crippen LogP contribution in [0.3, 0.4) is 0 Å². The molecule has 1 rings (SSSR count). The van der Waals surface area contributed by atoms with Crippen LogP contribution in [0.15, 0.2) is 18.2 Å². The lowest BCUT2D eigenvalue weighted by Gasteiger charge is -2.16. The summed E-state index contributed by atoms with van der Waals surface area (Å²) in [6.45, 7) is 1.05. The molecule has 0 aliphatic heterocycles. The van der Waals surface area contributed by atoms with Crippen molar-refractivity contribution in [3.63, 3.8) is 0 Å². The van der Waals surface area contributed by atoms with Gasteiger partial charge >= 0.3 is 0 Å². The van der Waals surface area contributed by atoms with E-state index in [-0.39, 0.29) is 5.56 Å². The van der Waals surface area contributed by atoms with Crippen molar-refractivity contribution in [2.75, 3.05) is 6.61 Å². The largest absolute Gasteiger partial charge is 0.394 e. The molecule has 0 bridgehead atoms. The molecule has 2 unspecified atom stereocenters. The van der Waals surface area contributed by atoms with E-state index in [4.69, 9.17) is 10.2 Å². The first-order valence-corrected chi connectivity index (χ1v) is 4.29. The van der Waals surface area contributed by atoms with Crippen LogP contribution in [-0.2, 0) is 0 Å². The maximum Gasteiger partial charge on any atom is 0.126 e. The van der Waals surface area contributed by atoms with Gasteiger partial charge in [0.2, 0.25) is 0 Å². The van der Waals surface area contributed by atoms with Crippen molar-refractivity contribution in [2.45, 2.75) is 19.1 Å². The quantitative estimate of drug-likeness (QED) is 0.666. The number of aryl methyl sites for hydroxylation is 1. The third kappa shape index (κ3) is 2.29. The normalized spacial score (nSPS) is 15.2. The molecule has 0 amide bonds. The summed E-state index contributed by atoms with van der Waals surface area (Å²) in [6, 6.07) is 4.18. The van der Waals surface area contributed by atoms with Crippen LogP contribution in [0.25, 0.3) is 0 Å². The summed E-state index contributed by atoms with van der Waals surface area (Å²) < 4.78 is 13.1. The summed E-state index contributed by atoms with van der Waals surface area (Å²) in [5, 5.41) is 27.1. The van der Waals surface area contributed by atoms with Gasteiger partial charge in [-0.3, -0.25) is 0 Å². The zero-order chi connectivity index (χ0) is 10.7. The first-order chi connectivity index (χ1) is 6.56. The molecule has 1 aromatic carbocycles. The number of halogens is 1. The lowest BCUT2D eigenvalue weighted by Crippen LogP contribution is -2.22. The molecule has 0 saturated heterocycles. The molecule has 78 valence electrons. The molecule has 2 atom stereocenters. The summed E-state index contributed by atoms with van der Waals surface area (Å²) in [5.74, 6) is -0.438. The van der Waals surface area contributed by atoms with Gasteiger partial charge in [0.25, 0.3) is 0 Å². The van der Waals surface area contributed by atoms with Gasteiger partial charge in [-0.2, -0.15) is 0 Å². The minimum Gasteiger partial charge on any atom is -0.394 e. The Bertz CT molecular complexity index is 314. The Morgan fingerprint density at radius 3 is 2.50 bits per heavy atom. The molecule has 0 radical (unpaired) electrons. The number of hydrogen-bond donors (Lipinski definition) is 3. The minimum absolute atomic E-state index is 0.259. The summed E-state index contributed by atoms with van der Waals surface area (Å²) >= 11 is 0.